The minimum absolute atomic E-state index is 0.567. The summed E-state index contributed by atoms with van der Waals surface area (Å²) in [4.78, 5) is 11.4. The van der Waals surface area contributed by atoms with Crippen LogP contribution in [-0.4, -0.2) is 11.2 Å². The fourth-order valence-corrected chi connectivity index (χ4v) is 3.49. The van der Waals surface area contributed by atoms with Gasteiger partial charge in [0.15, 0.2) is 0 Å². The highest BCUT2D eigenvalue weighted by molar-refractivity contribution is 6.01. The van der Waals surface area contributed by atoms with Gasteiger partial charge in [-0.1, -0.05) is 97.1 Å². The highest BCUT2D eigenvalue weighted by Crippen LogP contribution is 2.42. The second-order valence-corrected chi connectivity index (χ2v) is 6.44. The number of hydrogen-bond donors (Lipinski definition) is 2. The standard InChI is InChI=1S/C25H19NO2/c27-25(28)26-23-17-9-16-21(19-12-5-2-6-13-19)24(23)22-15-8-7-14-20(22)18-10-3-1-4-11-18/h1-17,26H,(H,27,28). The maximum absolute atomic E-state index is 11.4. The van der Waals surface area contributed by atoms with E-state index in [0.29, 0.717) is 5.69 Å². The van der Waals surface area contributed by atoms with E-state index in [1.807, 2.05) is 78.9 Å². The van der Waals surface area contributed by atoms with Crippen LogP contribution in [-0.2, 0) is 0 Å². The lowest BCUT2D eigenvalue weighted by molar-refractivity contribution is 0.210. The van der Waals surface area contributed by atoms with Gasteiger partial charge in [-0.25, -0.2) is 4.79 Å². The molecule has 0 heterocycles. The van der Waals surface area contributed by atoms with Crippen molar-refractivity contribution in [2.45, 2.75) is 0 Å². The summed E-state index contributed by atoms with van der Waals surface area (Å²) in [5, 5.41) is 12.0. The first kappa shape index (κ1) is 17.6. The van der Waals surface area contributed by atoms with Crippen LogP contribution in [0.5, 0.6) is 0 Å². The van der Waals surface area contributed by atoms with E-state index in [2.05, 4.69) is 23.5 Å². The molecule has 0 atom stereocenters. The molecule has 0 aliphatic heterocycles. The van der Waals surface area contributed by atoms with Crippen molar-refractivity contribution >= 4 is 11.8 Å². The number of nitrogens with one attached hydrogen (secondary N) is 1. The minimum atomic E-state index is -1.08. The molecule has 0 aliphatic carbocycles. The molecule has 0 saturated carbocycles. The molecule has 4 aromatic carbocycles. The van der Waals surface area contributed by atoms with E-state index in [1.54, 1.807) is 6.07 Å². The molecule has 0 aliphatic rings. The first-order valence-corrected chi connectivity index (χ1v) is 9.07. The molecule has 4 aromatic rings. The number of amides is 1. The maximum Gasteiger partial charge on any atom is 0.409 e. The van der Waals surface area contributed by atoms with Crippen LogP contribution in [0, 0.1) is 0 Å². The van der Waals surface area contributed by atoms with Crippen LogP contribution < -0.4 is 5.32 Å². The fourth-order valence-electron chi connectivity index (χ4n) is 3.49. The van der Waals surface area contributed by atoms with E-state index in [4.69, 9.17) is 0 Å². The minimum Gasteiger partial charge on any atom is -0.465 e. The zero-order valence-electron chi connectivity index (χ0n) is 15.2. The van der Waals surface area contributed by atoms with Gasteiger partial charge in [0.2, 0.25) is 0 Å². The molecular weight excluding hydrogens is 346 g/mol. The van der Waals surface area contributed by atoms with Crippen LogP contribution in [0.3, 0.4) is 0 Å². The van der Waals surface area contributed by atoms with Gasteiger partial charge in [-0.05, 0) is 33.9 Å². The van der Waals surface area contributed by atoms with Gasteiger partial charge in [0.25, 0.3) is 0 Å². The molecule has 0 aromatic heterocycles. The molecule has 0 unspecified atom stereocenters. The predicted molar refractivity (Wildman–Crippen MR) is 114 cm³/mol. The number of carbonyl (C=O) groups is 1. The highest BCUT2D eigenvalue weighted by atomic mass is 16.4. The molecule has 28 heavy (non-hydrogen) atoms. The monoisotopic (exact) mass is 365 g/mol. The molecular formula is C25H19NO2. The summed E-state index contributed by atoms with van der Waals surface area (Å²) in [6.45, 7) is 0. The van der Waals surface area contributed by atoms with Crippen molar-refractivity contribution in [2.24, 2.45) is 0 Å². The third-order valence-corrected chi connectivity index (χ3v) is 4.67. The van der Waals surface area contributed by atoms with E-state index in [-0.39, 0.29) is 0 Å². The molecule has 0 bridgehead atoms. The van der Waals surface area contributed by atoms with E-state index >= 15 is 0 Å². The van der Waals surface area contributed by atoms with Gasteiger partial charge in [0, 0.05) is 5.56 Å². The molecule has 0 spiro atoms. The normalized spacial score (nSPS) is 10.4. The maximum atomic E-state index is 11.4. The molecule has 3 nitrogen and oxygen atoms in total. The lowest BCUT2D eigenvalue weighted by Crippen LogP contribution is -2.09. The Morgan fingerprint density at radius 2 is 1.07 bits per heavy atom. The zero-order valence-corrected chi connectivity index (χ0v) is 15.2. The Morgan fingerprint density at radius 3 is 1.68 bits per heavy atom. The Bertz CT molecular complexity index is 1110. The fraction of sp³-hybridized carbons (Fsp3) is 0. The quantitative estimate of drug-likeness (QED) is 0.419. The highest BCUT2D eigenvalue weighted by Gasteiger charge is 2.17. The number of hydrogen-bond acceptors (Lipinski definition) is 1. The van der Waals surface area contributed by atoms with Gasteiger partial charge >= 0.3 is 6.09 Å². The summed E-state index contributed by atoms with van der Waals surface area (Å²) in [6.07, 6.45) is -1.08. The molecule has 0 fully saturated rings. The molecule has 1 amide bonds. The molecule has 136 valence electrons. The third kappa shape index (κ3) is 3.51. The van der Waals surface area contributed by atoms with Crippen LogP contribution in [0.2, 0.25) is 0 Å². The number of rotatable bonds is 4. The summed E-state index contributed by atoms with van der Waals surface area (Å²) in [7, 11) is 0. The molecule has 2 N–H and O–H groups in total. The van der Waals surface area contributed by atoms with Crippen LogP contribution in [0.4, 0.5) is 10.5 Å². The van der Waals surface area contributed by atoms with Gasteiger partial charge in [-0.2, -0.15) is 0 Å². The SMILES string of the molecule is O=C(O)Nc1cccc(-c2ccccc2)c1-c1ccccc1-c1ccccc1. The summed E-state index contributed by atoms with van der Waals surface area (Å²) >= 11 is 0. The molecule has 4 rings (SSSR count). The summed E-state index contributed by atoms with van der Waals surface area (Å²) < 4.78 is 0. The summed E-state index contributed by atoms with van der Waals surface area (Å²) in [5.74, 6) is 0. The van der Waals surface area contributed by atoms with Gasteiger partial charge in [-0.15, -0.1) is 0 Å². The van der Waals surface area contributed by atoms with Gasteiger partial charge in [-0.3, -0.25) is 5.32 Å². The second kappa shape index (κ2) is 7.80. The van der Waals surface area contributed by atoms with Crippen molar-refractivity contribution in [3.8, 4) is 33.4 Å². The molecule has 0 radical (unpaired) electrons. The first-order chi connectivity index (χ1) is 13.7. The van der Waals surface area contributed by atoms with Crippen LogP contribution in [0.1, 0.15) is 0 Å². The smallest absolute Gasteiger partial charge is 0.409 e. The average molecular weight is 365 g/mol. The average Bonchev–Trinajstić information content (AvgIpc) is 2.74. The van der Waals surface area contributed by atoms with Crippen LogP contribution >= 0.6 is 0 Å². The Morgan fingerprint density at radius 1 is 0.571 bits per heavy atom. The van der Waals surface area contributed by atoms with E-state index in [9.17, 15) is 9.90 Å². The van der Waals surface area contributed by atoms with Crippen molar-refractivity contribution < 1.29 is 9.90 Å². The Kier molecular flexibility index (Phi) is 4.89. The Balaban J connectivity index is 2.01. The van der Waals surface area contributed by atoms with Gasteiger partial charge in [0.05, 0.1) is 5.69 Å². The lowest BCUT2D eigenvalue weighted by Gasteiger charge is -2.18. The van der Waals surface area contributed by atoms with Crippen molar-refractivity contribution in [1.29, 1.82) is 0 Å². The Labute approximate surface area is 163 Å². The largest absolute Gasteiger partial charge is 0.465 e. The lowest BCUT2D eigenvalue weighted by atomic mass is 9.88. The van der Waals surface area contributed by atoms with E-state index in [0.717, 1.165) is 33.4 Å². The zero-order chi connectivity index (χ0) is 19.3. The molecule has 0 saturated heterocycles. The van der Waals surface area contributed by atoms with Crippen LogP contribution in [0.15, 0.2) is 103 Å². The summed E-state index contributed by atoms with van der Waals surface area (Å²) in [5.41, 5.74) is 6.58. The van der Waals surface area contributed by atoms with Crippen molar-refractivity contribution in [3.05, 3.63) is 103 Å². The van der Waals surface area contributed by atoms with Gasteiger partial charge < -0.3 is 5.11 Å². The molecule has 3 heteroatoms. The Hall–Kier alpha value is -3.85. The summed E-state index contributed by atoms with van der Waals surface area (Å²) in [6, 6.07) is 33.9. The van der Waals surface area contributed by atoms with Crippen LogP contribution in [0.25, 0.3) is 33.4 Å². The third-order valence-electron chi connectivity index (χ3n) is 4.67. The number of benzene rings is 4. The van der Waals surface area contributed by atoms with E-state index < -0.39 is 6.09 Å². The van der Waals surface area contributed by atoms with Crippen molar-refractivity contribution in [2.75, 3.05) is 5.32 Å². The van der Waals surface area contributed by atoms with E-state index in [1.165, 1.54) is 0 Å². The second-order valence-electron chi connectivity index (χ2n) is 6.44. The number of anilines is 1. The predicted octanol–water partition coefficient (Wildman–Crippen LogP) is 6.78. The first-order valence-electron chi connectivity index (χ1n) is 9.07. The topological polar surface area (TPSA) is 49.3 Å². The number of carboxylic acid groups (broad SMARTS) is 1. The van der Waals surface area contributed by atoms with Crippen molar-refractivity contribution in [1.82, 2.24) is 0 Å². The van der Waals surface area contributed by atoms with Crippen molar-refractivity contribution in [3.63, 3.8) is 0 Å². The van der Waals surface area contributed by atoms with Gasteiger partial charge in [0.1, 0.15) is 0 Å².